The van der Waals surface area contributed by atoms with Gasteiger partial charge in [0.25, 0.3) is 0 Å². The fourth-order valence-corrected chi connectivity index (χ4v) is 4.22. The van der Waals surface area contributed by atoms with Crippen molar-refractivity contribution in [1.29, 1.82) is 5.26 Å². The third kappa shape index (κ3) is 2.83. The van der Waals surface area contributed by atoms with Crippen molar-refractivity contribution in [3.8, 4) is 6.07 Å². The van der Waals surface area contributed by atoms with Gasteiger partial charge < -0.3 is 4.90 Å². The lowest BCUT2D eigenvalue weighted by molar-refractivity contribution is -0.118. The molecule has 0 bridgehead atoms. The summed E-state index contributed by atoms with van der Waals surface area (Å²) in [5.41, 5.74) is 1.09. The van der Waals surface area contributed by atoms with Gasteiger partial charge in [-0.3, -0.25) is 4.79 Å². The van der Waals surface area contributed by atoms with Gasteiger partial charge in [-0.2, -0.15) is 5.26 Å². The van der Waals surface area contributed by atoms with Crippen LogP contribution < -0.4 is 4.90 Å². The Bertz CT molecular complexity index is 644. The van der Waals surface area contributed by atoms with Crippen molar-refractivity contribution >= 4 is 21.4 Å². The monoisotopic (exact) mass is 292 g/mol. The number of rotatable bonds is 2. The first-order chi connectivity index (χ1) is 9.45. The number of carbonyl (C=O) groups is 1. The second-order valence-electron chi connectivity index (χ2n) is 4.91. The van der Waals surface area contributed by atoms with Gasteiger partial charge in [0.05, 0.1) is 17.4 Å². The molecule has 0 spiro atoms. The standard InChI is InChI=1S/C14H16N2O3S/c1-16(12-7-5-11(10-15)6-8-12)14(17)13-4-2-3-9-20(13,18)19/h5-8,13H,2-4,9H2,1H3. The number of benzene rings is 1. The minimum absolute atomic E-state index is 0.0879. The fourth-order valence-electron chi connectivity index (χ4n) is 2.33. The van der Waals surface area contributed by atoms with Gasteiger partial charge in [-0.15, -0.1) is 0 Å². The lowest BCUT2D eigenvalue weighted by atomic mass is 10.1. The molecular formula is C14H16N2O3S. The van der Waals surface area contributed by atoms with E-state index >= 15 is 0 Å². The summed E-state index contributed by atoms with van der Waals surface area (Å²) in [6, 6.07) is 8.50. The lowest BCUT2D eigenvalue weighted by Crippen LogP contribution is -2.43. The minimum Gasteiger partial charge on any atom is -0.314 e. The predicted octanol–water partition coefficient (Wildman–Crippen LogP) is 1.49. The Labute approximate surface area is 118 Å². The van der Waals surface area contributed by atoms with E-state index in [1.165, 1.54) is 4.90 Å². The maximum absolute atomic E-state index is 12.4. The summed E-state index contributed by atoms with van der Waals surface area (Å²) < 4.78 is 23.9. The topological polar surface area (TPSA) is 78.2 Å². The number of nitrogens with zero attached hydrogens (tertiary/aromatic N) is 2. The van der Waals surface area contributed by atoms with Crippen LogP contribution in [0.15, 0.2) is 24.3 Å². The molecule has 1 aromatic carbocycles. The van der Waals surface area contributed by atoms with Crippen LogP contribution in [-0.2, 0) is 14.6 Å². The van der Waals surface area contributed by atoms with E-state index in [1.54, 1.807) is 31.3 Å². The van der Waals surface area contributed by atoms with E-state index in [1.807, 2.05) is 6.07 Å². The number of amides is 1. The average Bonchev–Trinajstić information content (AvgIpc) is 2.45. The molecule has 0 N–H and O–H groups in total. The van der Waals surface area contributed by atoms with Crippen LogP contribution >= 0.6 is 0 Å². The van der Waals surface area contributed by atoms with Crippen LogP contribution in [0.4, 0.5) is 5.69 Å². The summed E-state index contributed by atoms with van der Waals surface area (Å²) in [5, 5.41) is 7.81. The maximum atomic E-state index is 12.4. The molecule has 20 heavy (non-hydrogen) atoms. The van der Waals surface area contributed by atoms with Crippen LogP contribution in [0.25, 0.3) is 0 Å². The number of sulfone groups is 1. The van der Waals surface area contributed by atoms with E-state index in [2.05, 4.69) is 0 Å². The number of anilines is 1. The molecule has 2 rings (SSSR count). The molecule has 1 unspecified atom stereocenters. The Morgan fingerprint density at radius 3 is 2.50 bits per heavy atom. The van der Waals surface area contributed by atoms with Gasteiger partial charge in [-0.05, 0) is 37.1 Å². The van der Waals surface area contributed by atoms with Crippen molar-refractivity contribution in [2.45, 2.75) is 24.5 Å². The van der Waals surface area contributed by atoms with E-state index in [4.69, 9.17) is 5.26 Å². The molecule has 0 aromatic heterocycles. The summed E-state index contributed by atoms with van der Waals surface area (Å²) in [5.74, 6) is -0.306. The van der Waals surface area contributed by atoms with Crippen LogP contribution in [0, 0.1) is 11.3 Å². The quantitative estimate of drug-likeness (QED) is 0.827. The number of carbonyl (C=O) groups excluding carboxylic acids is 1. The van der Waals surface area contributed by atoms with Crippen LogP contribution in [0.3, 0.4) is 0 Å². The second-order valence-corrected chi connectivity index (χ2v) is 7.21. The molecule has 1 saturated heterocycles. The largest absolute Gasteiger partial charge is 0.314 e. The Kier molecular flexibility index (Phi) is 4.09. The molecule has 1 amide bonds. The first kappa shape index (κ1) is 14.5. The van der Waals surface area contributed by atoms with Crippen LogP contribution in [0.2, 0.25) is 0 Å². The van der Waals surface area contributed by atoms with E-state index in [9.17, 15) is 13.2 Å². The molecule has 5 nitrogen and oxygen atoms in total. The van der Waals surface area contributed by atoms with Crippen LogP contribution in [0.5, 0.6) is 0 Å². The molecule has 1 aromatic rings. The molecule has 1 atom stereocenters. The van der Waals surface area contributed by atoms with Gasteiger partial charge in [-0.1, -0.05) is 6.42 Å². The number of hydrogen-bond donors (Lipinski definition) is 0. The highest BCUT2D eigenvalue weighted by molar-refractivity contribution is 7.92. The normalized spacial score (nSPS) is 20.9. The molecule has 6 heteroatoms. The van der Waals surface area contributed by atoms with Crippen molar-refractivity contribution in [3.05, 3.63) is 29.8 Å². The Morgan fingerprint density at radius 1 is 1.30 bits per heavy atom. The summed E-state index contributed by atoms with van der Waals surface area (Å²) >= 11 is 0. The molecule has 106 valence electrons. The van der Waals surface area contributed by atoms with Crippen molar-refractivity contribution in [1.82, 2.24) is 0 Å². The van der Waals surface area contributed by atoms with Gasteiger partial charge >= 0.3 is 0 Å². The lowest BCUT2D eigenvalue weighted by Gasteiger charge is -2.26. The minimum atomic E-state index is -3.33. The highest BCUT2D eigenvalue weighted by Crippen LogP contribution is 2.23. The van der Waals surface area contributed by atoms with E-state index < -0.39 is 21.0 Å². The van der Waals surface area contributed by atoms with Gasteiger partial charge in [0.1, 0.15) is 5.25 Å². The average molecular weight is 292 g/mol. The van der Waals surface area contributed by atoms with Gasteiger partial charge in [-0.25, -0.2) is 8.42 Å². The van der Waals surface area contributed by atoms with Crippen molar-refractivity contribution in [2.75, 3.05) is 17.7 Å². The first-order valence-corrected chi connectivity index (χ1v) is 8.16. The molecule has 0 radical (unpaired) electrons. The van der Waals surface area contributed by atoms with Gasteiger partial charge in [0.2, 0.25) is 5.91 Å². The molecule has 1 heterocycles. The maximum Gasteiger partial charge on any atom is 0.245 e. The van der Waals surface area contributed by atoms with Crippen molar-refractivity contribution < 1.29 is 13.2 Å². The van der Waals surface area contributed by atoms with Gasteiger partial charge in [0, 0.05) is 12.7 Å². The summed E-state index contributed by atoms with van der Waals surface area (Å²) in [6.07, 6.45) is 1.78. The molecule has 0 aliphatic carbocycles. The van der Waals surface area contributed by atoms with Crippen LogP contribution in [0.1, 0.15) is 24.8 Å². The number of hydrogen-bond acceptors (Lipinski definition) is 4. The Hall–Kier alpha value is -1.87. The third-order valence-corrected chi connectivity index (χ3v) is 5.73. The van der Waals surface area contributed by atoms with Crippen LogP contribution in [-0.4, -0.2) is 32.4 Å². The second kappa shape index (κ2) is 5.63. The fraction of sp³-hybridized carbons (Fsp3) is 0.429. The summed E-state index contributed by atoms with van der Waals surface area (Å²) in [6.45, 7) is 0. The zero-order valence-corrected chi connectivity index (χ0v) is 12.1. The molecule has 0 saturated carbocycles. The first-order valence-electron chi connectivity index (χ1n) is 6.45. The Balaban J connectivity index is 2.21. The van der Waals surface area contributed by atoms with E-state index in [0.29, 0.717) is 24.1 Å². The van der Waals surface area contributed by atoms with E-state index in [0.717, 1.165) is 6.42 Å². The summed E-state index contributed by atoms with van der Waals surface area (Å²) in [7, 11) is -1.77. The van der Waals surface area contributed by atoms with Gasteiger partial charge in [0.15, 0.2) is 9.84 Å². The zero-order valence-electron chi connectivity index (χ0n) is 11.2. The highest BCUT2D eigenvalue weighted by Gasteiger charge is 2.36. The van der Waals surface area contributed by atoms with Crippen molar-refractivity contribution in [3.63, 3.8) is 0 Å². The summed E-state index contributed by atoms with van der Waals surface area (Å²) in [4.78, 5) is 13.7. The van der Waals surface area contributed by atoms with E-state index in [-0.39, 0.29) is 5.75 Å². The number of nitriles is 1. The smallest absolute Gasteiger partial charge is 0.245 e. The van der Waals surface area contributed by atoms with Crippen molar-refractivity contribution in [2.24, 2.45) is 0 Å². The highest BCUT2D eigenvalue weighted by atomic mass is 32.2. The molecule has 1 aliphatic heterocycles. The SMILES string of the molecule is CN(C(=O)C1CCCCS1(=O)=O)c1ccc(C#N)cc1. The Morgan fingerprint density at radius 2 is 1.95 bits per heavy atom. The zero-order chi connectivity index (χ0) is 14.8. The third-order valence-electron chi connectivity index (χ3n) is 3.57. The molecular weight excluding hydrogens is 276 g/mol. The predicted molar refractivity (Wildman–Crippen MR) is 76.0 cm³/mol. The molecule has 1 fully saturated rings. The molecule has 1 aliphatic rings.